The number of benzene rings is 3. The van der Waals surface area contributed by atoms with Crippen LogP contribution in [0.1, 0.15) is 11.1 Å². The molecular formula is C25H15Cl2FN2OS2. The van der Waals surface area contributed by atoms with Crippen LogP contribution in [0.25, 0.3) is 17.0 Å². The molecule has 0 radical (unpaired) electrons. The largest absolute Gasteiger partial charge is 0.342 e. The van der Waals surface area contributed by atoms with Gasteiger partial charge in [-0.05, 0) is 42.0 Å². The van der Waals surface area contributed by atoms with Crippen LogP contribution in [0, 0.1) is 5.82 Å². The van der Waals surface area contributed by atoms with E-state index >= 15 is 0 Å². The van der Waals surface area contributed by atoms with Crippen molar-refractivity contribution in [2.45, 2.75) is 6.54 Å². The van der Waals surface area contributed by atoms with Crippen LogP contribution in [0.15, 0.2) is 77.8 Å². The molecule has 5 rings (SSSR count). The SMILES string of the molecule is O=C1/C(=C\c2cn(Cc3ccccc3Cl)c3ccccc23)SC(=S)N1c1ccc(F)c(Cl)c1. The van der Waals surface area contributed by atoms with Crippen molar-refractivity contribution in [2.24, 2.45) is 0 Å². The number of anilines is 1. The molecule has 0 spiro atoms. The summed E-state index contributed by atoms with van der Waals surface area (Å²) >= 11 is 18.9. The van der Waals surface area contributed by atoms with Gasteiger partial charge in [0.15, 0.2) is 4.32 Å². The fourth-order valence-corrected chi connectivity index (χ4v) is 5.45. The molecule has 0 N–H and O–H groups in total. The first-order valence-corrected chi connectivity index (χ1v) is 11.9. The molecule has 1 aromatic heterocycles. The molecule has 3 aromatic carbocycles. The molecule has 1 fully saturated rings. The molecule has 164 valence electrons. The van der Waals surface area contributed by atoms with Gasteiger partial charge in [0.25, 0.3) is 5.91 Å². The highest BCUT2D eigenvalue weighted by molar-refractivity contribution is 8.27. The number of thiocarbonyl (C=S) groups is 1. The average Bonchev–Trinajstić information content (AvgIpc) is 3.28. The van der Waals surface area contributed by atoms with Crippen molar-refractivity contribution in [3.63, 3.8) is 0 Å². The minimum absolute atomic E-state index is 0.0619. The van der Waals surface area contributed by atoms with E-state index in [1.54, 1.807) is 0 Å². The quantitative estimate of drug-likeness (QED) is 0.208. The van der Waals surface area contributed by atoms with Gasteiger partial charge in [0.05, 0.1) is 15.6 Å². The lowest BCUT2D eigenvalue weighted by Crippen LogP contribution is -2.27. The normalized spacial score (nSPS) is 15.2. The zero-order valence-corrected chi connectivity index (χ0v) is 20.1. The third-order valence-electron chi connectivity index (χ3n) is 5.36. The second-order valence-corrected chi connectivity index (χ2v) is 9.93. The van der Waals surface area contributed by atoms with Gasteiger partial charge in [-0.3, -0.25) is 9.69 Å². The zero-order valence-electron chi connectivity index (χ0n) is 17.0. The molecule has 2 heterocycles. The van der Waals surface area contributed by atoms with E-state index in [0.717, 1.165) is 22.0 Å². The summed E-state index contributed by atoms with van der Waals surface area (Å²) in [5.74, 6) is -0.816. The van der Waals surface area contributed by atoms with Crippen molar-refractivity contribution in [1.82, 2.24) is 4.57 Å². The molecule has 1 aliphatic heterocycles. The number of nitrogens with zero attached hydrogens (tertiary/aromatic N) is 2. The fourth-order valence-electron chi connectivity index (χ4n) is 3.79. The Hall–Kier alpha value is -2.64. The fraction of sp³-hybridized carbons (Fsp3) is 0.0400. The first-order valence-electron chi connectivity index (χ1n) is 9.96. The number of carbonyl (C=O) groups excluding carboxylic acids is 1. The summed E-state index contributed by atoms with van der Waals surface area (Å²) in [6, 6.07) is 19.8. The van der Waals surface area contributed by atoms with Crippen molar-refractivity contribution < 1.29 is 9.18 Å². The number of para-hydroxylation sites is 1. The number of thioether (sulfide) groups is 1. The van der Waals surface area contributed by atoms with Crippen LogP contribution >= 0.6 is 47.2 Å². The molecule has 4 aromatic rings. The van der Waals surface area contributed by atoms with E-state index < -0.39 is 5.82 Å². The van der Waals surface area contributed by atoms with E-state index in [-0.39, 0.29) is 10.9 Å². The second-order valence-electron chi connectivity index (χ2n) is 7.44. The first kappa shape index (κ1) is 22.2. The van der Waals surface area contributed by atoms with Gasteiger partial charge in [0.2, 0.25) is 0 Å². The lowest BCUT2D eigenvalue weighted by molar-refractivity contribution is -0.113. The predicted octanol–water partition coefficient (Wildman–Crippen LogP) is 7.54. The molecule has 1 saturated heterocycles. The third kappa shape index (κ3) is 4.20. The molecular weight excluding hydrogens is 498 g/mol. The Bertz CT molecular complexity index is 1460. The van der Waals surface area contributed by atoms with Gasteiger partial charge < -0.3 is 4.57 Å². The number of amides is 1. The van der Waals surface area contributed by atoms with Crippen LogP contribution < -0.4 is 4.90 Å². The lowest BCUT2D eigenvalue weighted by atomic mass is 10.1. The van der Waals surface area contributed by atoms with Gasteiger partial charge in [-0.25, -0.2) is 4.39 Å². The maximum atomic E-state index is 13.6. The highest BCUT2D eigenvalue weighted by Crippen LogP contribution is 2.38. The van der Waals surface area contributed by atoms with Crippen molar-refractivity contribution in [2.75, 3.05) is 4.90 Å². The number of hydrogen-bond donors (Lipinski definition) is 0. The van der Waals surface area contributed by atoms with Crippen molar-refractivity contribution >= 4 is 80.1 Å². The maximum absolute atomic E-state index is 13.6. The monoisotopic (exact) mass is 512 g/mol. The molecule has 0 bridgehead atoms. The van der Waals surface area contributed by atoms with Gasteiger partial charge >= 0.3 is 0 Å². The van der Waals surface area contributed by atoms with E-state index in [2.05, 4.69) is 4.57 Å². The van der Waals surface area contributed by atoms with Crippen LogP contribution in [0.5, 0.6) is 0 Å². The molecule has 1 aliphatic rings. The van der Waals surface area contributed by atoms with E-state index in [4.69, 9.17) is 35.4 Å². The molecule has 0 aliphatic carbocycles. The van der Waals surface area contributed by atoms with Crippen molar-refractivity contribution in [3.05, 3.63) is 105 Å². The molecule has 0 saturated carbocycles. The van der Waals surface area contributed by atoms with Crippen molar-refractivity contribution in [3.8, 4) is 0 Å². The molecule has 8 heteroatoms. The van der Waals surface area contributed by atoms with Crippen LogP contribution in [0.2, 0.25) is 10.0 Å². The van der Waals surface area contributed by atoms with Gasteiger partial charge in [0.1, 0.15) is 5.82 Å². The number of fused-ring (bicyclic) bond motifs is 1. The van der Waals surface area contributed by atoms with Crippen LogP contribution in [-0.2, 0) is 11.3 Å². The van der Waals surface area contributed by atoms with Crippen LogP contribution in [0.3, 0.4) is 0 Å². The highest BCUT2D eigenvalue weighted by Gasteiger charge is 2.33. The summed E-state index contributed by atoms with van der Waals surface area (Å²) in [5, 5.41) is 1.66. The topological polar surface area (TPSA) is 25.2 Å². The Morgan fingerprint density at radius 3 is 2.55 bits per heavy atom. The maximum Gasteiger partial charge on any atom is 0.270 e. The Labute approximate surface area is 209 Å². The molecule has 3 nitrogen and oxygen atoms in total. The number of carbonyl (C=O) groups is 1. The van der Waals surface area contributed by atoms with E-state index in [1.807, 2.05) is 60.8 Å². The predicted molar refractivity (Wildman–Crippen MR) is 140 cm³/mol. The van der Waals surface area contributed by atoms with E-state index in [0.29, 0.717) is 26.5 Å². The zero-order chi connectivity index (χ0) is 23.1. The van der Waals surface area contributed by atoms with Gasteiger partial charge in [-0.2, -0.15) is 0 Å². The lowest BCUT2D eigenvalue weighted by Gasteiger charge is -2.14. The third-order valence-corrected chi connectivity index (χ3v) is 7.32. The number of hydrogen-bond acceptors (Lipinski definition) is 3. The second kappa shape index (κ2) is 8.95. The number of rotatable bonds is 4. The smallest absolute Gasteiger partial charge is 0.270 e. The average molecular weight is 513 g/mol. The standard InChI is InChI=1S/C25H15Cl2FN2OS2/c26-19-7-3-1-5-15(19)13-29-14-16(18-6-2-4-8-22(18)29)11-23-24(31)30(25(32)33-23)17-9-10-21(28)20(27)12-17/h1-12,14H,13H2/b23-11+. The van der Waals surface area contributed by atoms with Crippen LogP contribution in [-0.4, -0.2) is 14.8 Å². The Kier molecular flexibility index (Phi) is 6.01. The Morgan fingerprint density at radius 1 is 1.00 bits per heavy atom. The summed E-state index contributed by atoms with van der Waals surface area (Å²) < 4.78 is 16.1. The molecule has 0 atom stereocenters. The van der Waals surface area contributed by atoms with Gasteiger partial charge in [-0.15, -0.1) is 0 Å². The number of halogens is 3. The molecule has 33 heavy (non-hydrogen) atoms. The van der Waals surface area contributed by atoms with Crippen molar-refractivity contribution in [1.29, 1.82) is 0 Å². The summed E-state index contributed by atoms with van der Waals surface area (Å²) in [5.41, 5.74) is 3.37. The summed E-state index contributed by atoms with van der Waals surface area (Å²) in [6.45, 7) is 0.600. The Morgan fingerprint density at radius 2 is 1.76 bits per heavy atom. The summed E-state index contributed by atoms with van der Waals surface area (Å²) in [4.78, 5) is 15.0. The Balaban J connectivity index is 1.53. The van der Waals surface area contributed by atoms with Gasteiger partial charge in [-0.1, -0.05) is 83.6 Å². The molecule has 1 amide bonds. The minimum Gasteiger partial charge on any atom is -0.342 e. The van der Waals surface area contributed by atoms with Crippen LogP contribution in [0.4, 0.5) is 10.1 Å². The van der Waals surface area contributed by atoms with E-state index in [1.165, 1.54) is 34.9 Å². The minimum atomic E-state index is -0.548. The van der Waals surface area contributed by atoms with Gasteiger partial charge in [0, 0.05) is 34.2 Å². The van der Waals surface area contributed by atoms with E-state index in [9.17, 15) is 9.18 Å². The summed E-state index contributed by atoms with van der Waals surface area (Å²) in [7, 11) is 0. The highest BCUT2D eigenvalue weighted by atomic mass is 35.5. The summed E-state index contributed by atoms with van der Waals surface area (Å²) in [6.07, 6.45) is 3.85. The first-order chi connectivity index (χ1) is 15.9. The number of aromatic nitrogens is 1. The molecule has 0 unspecified atom stereocenters.